The summed E-state index contributed by atoms with van der Waals surface area (Å²) in [6.07, 6.45) is 2.16. The molecule has 0 fully saturated rings. The van der Waals surface area contributed by atoms with Crippen LogP contribution in [0, 0.1) is 0 Å². The van der Waals surface area contributed by atoms with E-state index in [0.717, 1.165) is 28.6 Å². The molecule has 28 heavy (non-hydrogen) atoms. The van der Waals surface area contributed by atoms with Gasteiger partial charge in [0.25, 0.3) is 10.1 Å². The molecule has 1 unspecified atom stereocenters. The van der Waals surface area contributed by atoms with Crippen molar-refractivity contribution in [2.45, 2.75) is 17.4 Å². The van der Waals surface area contributed by atoms with Crippen LogP contribution < -0.4 is 5.73 Å². The zero-order valence-corrected chi connectivity index (χ0v) is 15.3. The highest BCUT2D eigenvalue weighted by Gasteiger charge is 2.18. The molecule has 3 rings (SSSR count). The van der Waals surface area contributed by atoms with Gasteiger partial charge in [0.2, 0.25) is 0 Å². The Labute approximate surface area is 160 Å². The van der Waals surface area contributed by atoms with Crippen LogP contribution in [-0.4, -0.2) is 46.1 Å². The van der Waals surface area contributed by atoms with E-state index in [1.165, 1.54) is 12.1 Å². The second kappa shape index (κ2) is 8.65. The average molecular weight is 406 g/mol. The van der Waals surface area contributed by atoms with Gasteiger partial charge < -0.3 is 20.9 Å². The maximum absolute atomic E-state index is 10.7. The Morgan fingerprint density at radius 3 is 2.21 bits per heavy atom. The fourth-order valence-corrected chi connectivity index (χ4v) is 3.18. The number of aromatic nitrogens is 1. The number of carboxylic acid groups (broad SMARTS) is 2. The number of H-pyrrole nitrogens is 1. The van der Waals surface area contributed by atoms with Gasteiger partial charge in [-0.15, -0.1) is 0 Å². The van der Waals surface area contributed by atoms with Gasteiger partial charge in [-0.2, -0.15) is 8.42 Å². The van der Waals surface area contributed by atoms with Crippen LogP contribution in [0.2, 0.25) is 0 Å². The zero-order chi connectivity index (χ0) is 20.9. The number of aromatic carboxylic acids is 1. The SMILES string of the molecule is NC(Cc1c[nH]c2ccccc12)C(=O)O.O=C(O)c1ccccc1S(=O)(=O)O. The topological polar surface area (TPSA) is 171 Å². The third kappa shape index (κ3) is 5.16. The van der Waals surface area contributed by atoms with Gasteiger partial charge >= 0.3 is 11.9 Å². The molecule has 0 aliphatic rings. The summed E-state index contributed by atoms with van der Waals surface area (Å²) in [6.45, 7) is 0. The molecular weight excluding hydrogens is 388 g/mol. The van der Waals surface area contributed by atoms with Crippen molar-refractivity contribution < 1.29 is 32.8 Å². The number of carbonyl (C=O) groups is 2. The number of nitrogens with two attached hydrogens (primary N) is 1. The van der Waals surface area contributed by atoms with Crippen LogP contribution >= 0.6 is 0 Å². The van der Waals surface area contributed by atoms with Crippen molar-refractivity contribution in [3.05, 3.63) is 65.9 Å². The summed E-state index contributed by atoms with van der Waals surface area (Å²) in [7, 11) is -4.46. The predicted octanol–water partition coefficient (Wildman–Crippen LogP) is 1.75. The predicted molar refractivity (Wildman–Crippen MR) is 101 cm³/mol. The largest absolute Gasteiger partial charge is 0.480 e. The highest BCUT2D eigenvalue weighted by molar-refractivity contribution is 7.86. The molecule has 1 heterocycles. The molecule has 0 radical (unpaired) electrons. The molecule has 2 aromatic carbocycles. The van der Waals surface area contributed by atoms with Gasteiger partial charge in [0.15, 0.2) is 0 Å². The molecule has 1 aromatic heterocycles. The normalized spacial score (nSPS) is 12.1. The van der Waals surface area contributed by atoms with Crippen molar-refractivity contribution in [2.24, 2.45) is 5.73 Å². The maximum Gasteiger partial charge on any atom is 0.337 e. The van der Waals surface area contributed by atoms with Gasteiger partial charge in [-0.25, -0.2) is 4.79 Å². The fraction of sp³-hybridized carbons (Fsp3) is 0.111. The number of aliphatic carboxylic acids is 1. The number of carboxylic acids is 2. The van der Waals surface area contributed by atoms with Crippen LogP contribution in [0.4, 0.5) is 0 Å². The molecule has 0 saturated carbocycles. The van der Waals surface area contributed by atoms with Crippen molar-refractivity contribution in [2.75, 3.05) is 0 Å². The smallest absolute Gasteiger partial charge is 0.337 e. The minimum atomic E-state index is -4.46. The van der Waals surface area contributed by atoms with Crippen molar-refractivity contribution in [3.63, 3.8) is 0 Å². The third-order valence-corrected chi connectivity index (χ3v) is 4.74. The Bertz CT molecular complexity index is 1110. The van der Waals surface area contributed by atoms with Crippen molar-refractivity contribution in [1.82, 2.24) is 4.98 Å². The molecule has 0 bridgehead atoms. The first-order valence-corrected chi connectivity index (χ1v) is 9.38. The van der Waals surface area contributed by atoms with E-state index >= 15 is 0 Å². The van der Waals surface area contributed by atoms with Gasteiger partial charge in [-0.1, -0.05) is 30.3 Å². The summed E-state index contributed by atoms with van der Waals surface area (Å²) in [5, 5.41) is 18.3. The number of fused-ring (bicyclic) bond motifs is 1. The monoisotopic (exact) mass is 406 g/mol. The van der Waals surface area contributed by atoms with E-state index in [9.17, 15) is 18.0 Å². The number of hydrogen-bond donors (Lipinski definition) is 5. The lowest BCUT2D eigenvalue weighted by Crippen LogP contribution is -2.32. The summed E-state index contributed by atoms with van der Waals surface area (Å²) >= 11 is 0. The third-order valence-electron chi connectivity index (χ3n) is 3.83. The van der Waals surface area contributed by atoms with Gasteiger partial charge in [-0.05, 0) is 23.8 Å². The highest BCUT2D eigenvalue weighted by Crippen LogP contribution is 2.18. The first kappa shape index (κ1) is 21.1. The minimum Gasteiger partial charge on any atom is -0.480 e. The standard InChI is InChI=1S/C11H12N2O2.C7H6O5S/c12-9(11(14)15)5-7-6-13-10-4-2-1-3-8(7)10;8-7(9)5-3-1-2-4-6(5)13(10,11)12/h1-4,6,9,13H,5,12H2,(H,14,15);1-4H,(H,8,9)(H,10,11,12). The summed E-state index contributed by atoms with van der Waals surface area (Å²) in [5.41, 5.74) is 7.00. The maximum atomic E-state index is 10.7. The Balaban J connectivity index is 0.000000203. The Morgan fingerprint density at radius 1 is 1.04 bits per heavy atom. The van der Waals surface area contributed by atoms with Crippen LogP contribution in [0.1, 0.15) is 15.9 Å². The molecule has 10 heteroatoms. The molecule has 0 spiro atoms. The van der Waals surface area contributed by atoms with E-state index in [-0.39, 0.29) is 0 Å². The van der Waals surface area contributed by atoms with E-state index in [1.54, 1.807) is 0 Å². The second-order valence-electron chi connectivity index (χ2n) is 5.78. The quantitative estimate of drug-likeness (QED) is 0.399. The van der Waals surface area contributed by atoms with Crippen LogP contribution in [0.5, 0.6) is 0 Å². The molecule has 0 amide bonds. The van der Waals surface area contributed by atoms with Crippen molar-refractivity contribution in [3.8, 4) is 0 Å². The van der Waals surface area contributed by atoms with E-state index in [0.29, 0.717) is 6.42 Å². The molecule has 3 aromatic rings. The van der Waals surface area contributed by atoms with Crippen molar-refractivity contribution >= 4 is 33.0 Å². The van der Waals surface area contributed by atoms with Gasteiger partial charge in [0.1, 0.15) is 10.9 Å². The lowest BCUT2D eigenvalue weighted by Gasteiger charge is -2.04. The summed E-state index contributed by atoms with van der Waals surface area (Å²) in [5.74, 6) is -2.37. The fourth-order valence-electron chi connectivity index (χ4n) is 2.49. The number of benzene rings is 2. The van der Waals surface area contributed by atoms with E-state index < -0.39 is 38.6 Å². The molecule has 9 nitrogen and oxygen atoms in total. The van der Waals surface area contributed by atoms with Crippen LogP contribution in [-0.2, 0) is 21.3 Å². The van der Waals surface area contributed by atoms with Gasteiger partial charge in [0, 0.05) is 23.5 Å². The number of para-hydroxylation sites is 1. The molecule has 1 atom stereocenters. The molecule has 0 aliphatic heterocycles. The Hall–Kier alpha value is -3.21. The van der Waals surface area contributed by atoms with E-state index in [4.69, 9.17) is 20.5 Å². The minimum absolute atomic E-state index is 0.347. The van der Waals surface area contributed by atoms with E-state index in [2.05, 4.69) is 4.98 Å². The first-order chi connectivity index (χ1) is 13.1. The summed E-state index contributed by atoms with van der Waals surface area (Å²) in [6, 6.07) is 11.7. The number of aromatic amines is 1. The Morgan fingerprint density at radius 2 is 1.64 bits per heavy atom. The summed E-state index contributed by atoms with van der Waals surface area (Å²) < 4.78 is 29.9. The lowest BCUT2D eigenvalue weighted by molar-refractivity contribution is -0.138. The number of hydrogen-bond acceptors (Lipinski definition) is 5. The number of rotatable bonds is 5. The van der Waals surface area contributed by atoms with Gasteiger partial charge in [0.05, 0.1) is 5.56 Å². The number of nitrogens with one attached hydrogen (secondary N) is 1. The van der Waals surface area contributed by atoms with Crippen LogP contribution in [0.3, 0.4) is 0 Å². The van der Waals surface area contributed by atoms with E-state index in [1.807, 2.05) is 30.5 Å². The average Bonchev–Trinajstić information content (AvgIpc) is 3.04. The lowest BCUT2D eigenvalue weighted by atomic mass is 10.1. The molecule has 148 valence electrons. The molecule has 0 saturated heterocycles. The second-order valence-corrected chi connectivity index (χ2v) is 7.17. The molecule has 0 aliphatic carbocycles. The summed E-state index contributed by atoms with van der Waals surface area (Å²) in [4.78, 5) is 23.6. The van der Waals surface area contributed by atoms with Gasteiger partial charge in [-0.3, -0.25) is 9.35 Å². The van der Waals surface area contributed by atoms with Crippen LogP contribution in [0.15, 0.2) is 59.6 Å². The van der Waals surface area contributed by atoms with Crippen molar-refractivity contribution in [1.29, 1.82) is 0 Å². The molecular formula is C18H18N2O7S. The zero-order valence-electron chi connectivity index (χ0n) is 14.4. The molecule has 6 N–H and O–H groups in total. The highest BCUT2D eigenvalue weighted by atomic mass is 32.2. The van der Waals surface area contributed by atoms with Crippen LogP contribution in [0.25, 0.3) is 10.9 Å². The Kier molecular flexibility index (Phi) is 6.52. The first-order valence-electron chi connectivity index (χ1n) is 7.94.